The van der Waals surface area contributed by atoms with Crippen LogP contribution in [0.25, 0.3) is 11.1 Å². The highest BCUT2D eigenvalue weighted by atomic mass is 16.5. The first-order chi connectivity index (χ1) is 16.9. The Balaban J connectivity index is 1.19. The lowest BCUT2D eigenvalue weighted by Gasteiger charge is -2.36. The van der Waals surface area contributed by atoms with Gasteiger partial charge in [0.05, 0.1) is 0 Å². The number of amides is 2. The standard InChI is InChI=1S/C28H32N2O5/c1-28(26(32)33)14-7-15-30(28)25(31)18-8-6-9-19(16-18)29-27(34)35-17-24-22-12-4-2-10-20(22)21-11-3-5-13-23(21)24/h2-5,10-13,18-19,24H,6-9,14-17H2,1H3,(H,29,34)(H,32,33)/t18-,19+,28?/m1/s1. The summed E-state index contributed by atoms with van der Waals surface area (Å²) in [5, 5.41) is 12.6. The number of alkyl carbamates (subject to hydrolysis) is 1. The highest BCUT2D eigenvalue weighted by Gasteiger charge is 2.47. The molecule has 184 valence electrons. The molecule has 0 bridgehead atoms. The van der Waals surface area contributed by atoms with Crippen molar-refractivity contribution in [2.75, 3.05) is 13.2 Å². The molecule has 5 rings (SSSR count). The molecule has 7 heteroatoms. The van der Waals surface area contributed by atoms with E-state index in [2.05, 4.69) is 29.6 Å². The summed E-state index contributed by atoms with van der Waals surface area (Å²) in [6.45, 7) is 2.36. The molecule has 35 heavy (non-hydrogen) atoms. The largest absolute Gasteiger partial charge is 0.480 e. The summed E-state index contributed by atoms with van der Waals surface area (Å²) >= 11 is 0. The average Bonchev–Trinajstić information content (AvgIpc) is 3.41. The Morgan fingerprint density at radius 3 is 2.34 bits per heavy atom. The molecule has 1 saturated heterocycles. The SMILES string of the molecule is CC1(C(=O)O)CCCN1C(=O)[C@@H]1CCC[C@H](NC(=O)OCC2c3ccccc3-c3ccccc32)C1. The summed E-state index contributed by atoms with van der Waals surface area (Å²) < 4.78 is 5.68. The van der Waals surface area contributed by atoms with E-state index < -0.39 is 17.6 Å². The minimum absolute atomic E-state index is 0.00213. The van der Waals surface area contributed by atoms with Crippen LogP contribution in [0.5, 0.6) is 0 Å². The molecule has 2 fully saturated rings. The summed E-state index contributed by atoms with van der Waals surface area (Å²) in [4.78, 5) is 39.3. The van der Waals surface area contributed by atoms with Gasteiger partial charge in [-0.3, -0.25) is 4.79 Å². The number of benzene rings is 2. The Hall–Kier alpha value is -3.35. The maximum atomic E-state index is 13.2. The predicted octanol–water partition coefficient (Wildman–Crippen LogP) is 4.55. The molecule has 2 aromatic carbocycles. The van der Waals surface area contributed by atoms with Crippen molar-refractivity contribution in [3.05, 3.63) is 59.7 Å². The van der Waals surface area contributed by atoms with Crippen molar-refractivity contribution in [1.82, 2.24) is 10.2 Å². The smallest absolute Gasteiger partial charge is 0.407 e. The van der Waals surface area contributed by atoms with Gasteiger partial charge in [0.2, 0.25) is 5.91 Å². The zero-order chi connectivity index (χ0) is 24.6. The van der Waals surface area contributed by atoms with Crippen LogP contribution in [0.3, 0.4) is 0 Å². The third-order valence-corrected chi connectivity index (χ3v) is 8.06. The molecular weight excluding hydrogens is 444 g/mol. The van der Waals surface area contributed by atoms with Crippen molar-refractivity contribution in [1.29, 1.82) is 0 Å². The number of nitrogens with zero attached hydrogens (tertiary/aromatic N) is 1. The maximum Gasteiger partial charge on any atom is 0.407 e. The van der Waals surface area contributed by atoms with Gasteiger partial charge >= 0.3 is 12.1 Å². The van der Waals surface area contributed by atoms with E-state index in [0.29, 0.717) is 32.2 Å². The van der Waals surface area contributed by atoms with Crippen LogP contribution in [0.2, 0.25) is 0 Å². The Bertz CT molecular complexity index is 1100. The normalized spacial score (nSPS) is 25.6. The number of likely N-dealkylation sites (tertiary alicyclic amines) is 1. The average molecular weight is 477 g/mol. The van der Waals surface area contributed by atoms with Crippen molar-refractivity contribution in [2.24, 2.45) is 5.92 Å². The molecule has 1 aliphatic heterocycles. The fourth-order valence-electron chi connectivity index (χ4n) is 6.11. The molecule has 1 heterocycles. The number of rotatable bonds is 5. The van der Waals surface area contributed by atoms with Gasteiger partial charge in [-0.25, -0.2) is 9.59 Å². The van der Waals surface area contributed by atoms with Crippen LogP contribution in [0.1, 0.15) is 62.5 Å². The number of hydrogen-bond donors (Lipinski definition) is 2. The van der Waals surface area contributed by atoms with E-state index in [9.17, 15) is 19.5 Å². The van der Waals surface area contributed by atoms with Crippen LogP contribution < -0.4 is 5.32 Å². The van der Waals surface area contributed by atoms with Crippen molar-refractivity contribution in [3.8, 4) is 11.1 Å². The molecule has 0 radical (unpaired) electrons. The number of fused-ring (bicyclic) bond motifs is 3. The van der Waals surface area contributed by atoms with Gasteiger partial charge in [-0.1, -0.05) is 55.0 Å². The molecule has 0 spiro atoms. The van der Waals surface area contributed by atoms with Gasteiger partial charge in [-0.15, -0.1) is 0 Å². The Morgan fingerprint density at radius 2 is 1.69 bits per heavy atom. The first-order valence-corrected chi connectivity index (χ1v) is 12.5. The van der Waals surface area contributed by atoms with Crippen molar-refractivity contribution in [3.63, 3.8) is 0 Å². The van der Waals surface area contributed by atoms with Crippen LogP contribution >= 0.6 is 0 Å². The lowest BCUT2D eigenvalue weighted by molar-refractivity contribution is -0.157. The third-order valence-electron chi connectivity index (χ3n) is 8.06. The van der Waals surface area contributed by atoms with Gasteiger partial charge in [-0.05, 0) is 61.3 Å². The number of carbonyl (C=O) groups is 3. The molecule has 2 aromatic rings. The summed E-state index contributed by atoms with van der Waals surface area (Å²) in [6.07, 6.45) is 3.52. The van der Waals surface area contributed by atoms with E-state index >= 15 is 0 Å². The number of hydrogen-bond acceptors (Lipinski definition) is 4. The minimum atomic E-state index is -1.13. The van der Waals surface area contributed by atoms with Gasteiger partial charge in [0.15, 0.2) is 0 Å². The highest BCUT2D eigenvalue weighted by Crippen LogP contribution is 2.44. The Morgan fingerprint density at radius 1 is 1.03 bits per heavy atom. The number of aliphatic carboxylic acids is 1. The van der Waals surface area contributed by atoms with Crippen LogP contribution in [-0.2, 0) is 14.3 Å². The van der Waals surface area contributed by atoms with Gasteiger partial charge in [-0.2, -0.15) is 0 Å². The van der Waals surface area contributed by atoms with Crippen LogP contribution in [0.4, 0.5) is 4.79 Å². The molecule has 7 nitrogen and oxygen atoms in total. The van der Waals surface area contributed by atoms with Crippen molar-refractivity contribution in [2.45, 2.75) is 62.9 Å². The maximum absolute atomic E-state index is 13.2. The molecule has 2 N–H and O–H groups in total. The van der Waals surface area contributed by atoms with E-state index in [1.807, 2.05) is 24.3 Å². The molecule has 0 aromatic heterocycles. The zero-order valence-electron chi connectivity index (χ0n) is 20.0. The fourth-order valence-corrected chi connectivity index (χ4v) is 6.11. The van der Waals surface area contributed by atoms with E-state index in [1.165, 1.54) is 16.0 Å². The summed E-state index contributed by atoms with van der Waals surface area (Å²) in [6, 6.07) is 16.3. The predicted molar refractivity (Wildman–Crippen MR) is 131 cm³/mol. The summed E-state index contributed by atoms with van der Waals surface area (Å²) in [7, 11) is 0. The van der Waals surface area contributed by atoms with E-state index in [4.69, 9.17) is 4.74 Å². The monoisotopic (exact) mass is 476 g/mol. The van der Waals surface area contributed by atoms with E-state index in [1.54, 1.807) is 6.92 Å². The second kappa shape index (κ2) is 9.36. The Kier molecular flexibility index (Phi) is 6.26. The fraction of sp³-hybridized carbons (Fsp3) is 0.464. The molecule has 2 amide bonds. The second-order valence-corrected chi connectivity index (χ2v) is 10.2. The third kappa shape index (κ3) is 4.28. The molecule has 1 unspecified atom stereocenters. The quantitative estimate of drug-likeness (QED) is 0.660. The van der Waals surface area contributed by atoms with Crippen molar-refractivity contribution >= 4 is 18.0 Å². The van der Waals surface area contributed by atoms with E-state index in [0.717, 1.165) is 24.0 Å². The number of carbonyl (C=O) groups excluding carboxylic acids is 2. The van der Waals surface area contributed by atoms with Gasteiger partial charge in [0, 0.05) is 24.4 Å². The van der Waals surface area contributed by atoms with Crippen LogP contribution in [0.15, 0.2) is 48.5 Å². The minimum Gasteiger partial charge on any atom is -0.480 e. The molecule has 1 saturated carbocycles. The molecule has 3 aliphatic rings. The number of nitrogens with one attached hydrogen (secondary N) is 1. The molecular formula is C28H32N2O5. The van der Waals surface area contributed by atoms with Gasteiger partial charge in [0.25, 0.3) is 0 Å². The first-order valence-electron chi connectivity index (χ1n) is 12.5. The number of ether oxygens (including phenoxy) is 1. The number of carboxylic acids is 1. The van der Waals surface area contributed by atoms with Crippen LogP contribution in [0, 0.1) is 5.92 Å². The van der Waals surface area contributed by atoms with Crippen LogP contribution in [-0.4, -0.2) is 52.7 Å². The lowest BCUT2D eigenvalue weighted by atomic mass is 9.84. The van der Waals surface area contributed by atoms with Gasteiger partial charge in [0.1, 0.15) is 12.1 Å². The zero-order valence-corrected chi connectivity index (χ0v) is 20.0. The van der Waals surface area contributed by atoms with E-state index in [-0.39, 0.29) is 30.4 Å². The first kappa shape index (κ1) is 23.4. The van der Waals surface area contributed by atoms with Crippen molar-refractivity contribution < 1.29 is 24.2 Å². The number of carboxylic acid groups (broad SMARTS) is 1. The lowest BCUT2D eigenvalue weighted by Crippen LogP contribution is -2.53. The van der Waals surface area contributed by atoms with Gasteiger partial charge < -0.3 is 20.1 Å². The Labute approximate surface area is 205 Å². The topological polar surface area (TPSA) is 95.9 Å². The summed E-state index contributed by atoms with van der Waals surface area (Å²) in [5.74, 6) is -1.34. The summed E-state index contributed by atoms with van der Waals surface area (Å²) in [5.41, 5.74) is 3.56. The molecule has 2 aliphatic carbocycles. The highest BCUT2D eigenvalue weighted by molar-refractivity contribution is 5.88. The molecule has 3 atom stereocenters. The second-order valence-electron chi connectivity index (χ2n) is 10.2.